The van der Waals surface area contributed by atoms with Crippen molar-refractivity contribution < 1.29 is 4.79 Å². The van der Waals surface area contributed by atoms with E-state index in [0.717, 1.165) is 12.5 Å². The van der Waals surface area contributed by atoms with Crippen LogP contribution in [0.25, 0.3) is 0 Å². The van der Waals surface area contributed by atoms with Crippen LogP contribution in [-0.2, 0) is 4.79 Å². The van der Waals surface area contributed by atoms with Crippen LogP contribution < -0.4 is 5.73 Å². The van der Waals surface area contributed by atoms with E-state index in [4.69, 9.17) is 5.73 Å². The summed E-state index contributed by atoms with van der Waals surface area (Å²) in [7, 11) is 0. The van der Waals surface area contributed by atoms with E-state index in [0.29, 0.717) is 6.04 Å². The third kappa shape index (κ3) is 2.17. The fraction of sp³-hybridized carbons (Fsp3) is 0.917. The molecule has 2 rings (SSSR count). The highest BCUT2D eigenvalue weighted by atomic mass is 16.2. The molecule has 1 amide bonds. The van der Waals surface area contributed by atoms with Crippen LogP contribution >= 0.6 is 0 Å². The third-order valence-corrected chi connectivity index (χ3v) is 3.92. The van der Waals surface area contributed by atoms with E-state index in [1.807, 2.05) is 0 Å². The summed E-state index contributed by atoms with van der Waals surface area (Å²) in [5, 5.41) is 0. The van der Waals surface area contributed by atoms with Gasteiger partial charge in [0.15, 0.2) is 0 Å². The van der Waals surface area contributed by atoms with Gasteiger partial charge in [0.2, 0.25) is 5.91 Å². The van der Waals surface area contributed by atoms with Crippen LogP contribution in [0.4, 0.5) is 0 Å². The molecule has 1 aliphatic carbocycles. The topological polar surface area (TPSA) is 46.3 Å². The second-order valence-electron chi connectivity index (χ2n) is 5.07. The van der Waals surface area contributed by atoms with Gasteiger partial charge in [-0.25, -0.2) is 0 Å². The standard InChI is InChI=1S/C12H22N2O/c1-9(13)12(15)14-8-4-7-11(14)10-5-2-3-6-10/h9-11H,2-8,13H2,1H3. The van der Waals surface area contributed by atoms with Crippen molar-refractivity contribution in [2.24, 2.45) is 11.7 Å². The van der Waals surface area contributed by atoms with E-state index in [2.05, 4.69) is 4.90 Å². The molecule has 2 unspecified atom stereocenters. The van der Waals surface area contributed by atoms with Crippen LogP contribution in [0.5, 0.6) is 0 Å². The van der Waals surface area contributed by atoms with E-state index < -0.39 is 0 Å². The van der Waals surface area contributed by atoms with Crippen molar-refractivity contribution in [2.75, 3.05) is 6.54 Å². The van der Waals surface area contributed by atoms with Crippen molar-refractivity contribution in [3.63, 3.8) is 0 Å². The monoisotopic (exact) mass is 210 g/mol. The Morgan fingerprint density at radius 3 is 2.53 bits per heavy atom. The van der Waals surface area contributed by atoms with Crippen LogP contribution in [0.1, 0.15) is 45.4 Å². The van der Waals surface area contributed by atoms with Gasteiger partial charge in [0.25, 0.3) is 0 Å². The first-order valence-corrected chi connectivity index (χ1v) is 6.26. The summed E-state index contributed by atoms with van der Waals surface area (Å²) in [6.07, 6.45) is 7.69. The molecule has 3 nitrogen and oxygen atoms in total. The number of likely N-dealkylation sites (tertiary alicyclic amines) is 1. The maximum atomic E-state index is 11.9. The average molecular weight is 210 g/mol. The number of hydrogen-bond donors (Lipinski definition) is 1. The Hall–Kier alpha value is -0.570. The minimum Gasteiger partial charge on any atom is -0.338 e. The zero-order valence-corrected chi connectivity index (χ0v) is 9.61. The van der Waals surface area contributed by atoms with Crippen LogP contribution in [0.15, 0.2) is 0 Å². The van der Waals surface area contributed by atoms with Crippen LogP contribution in [0.2, 0.25) is 0 Å². The quantitative estimate of drug-likeness (QED) is 0.751. The van der Waals surface area contributed by atoms with Gasteiger partial charge < -0.3 is 10.6 Å². The molecule has 2 N–H and O–H groups in total. The molecule has 1 aliphatic heterocycles. The van der Waals surface area contributed by atoms with Gasteiger partial charge in [0.05, 0.1) is 6.04 Å². The lowest BCUT2D eigenvalue weighted by Gasteiger charge is -2.30. The summed E-state index contributed by atoms with van der Waals surface area (Å²) in [5.74, 6) is 0.916. The molecule has 0 radical (unpaired) electrons. The van der Waals surface area contributed by atoms with Crippen molar-refractivity contribution in [1.82, 2.24) is 4.90 Å². The first kappa shape index (κ1) is 10.9. The summed E-state index contributed by atoms with van der Waals surface area (Å²) in [6.45, 7) is 2.73. The zero-order valence-electron chi connectivity index (χ0n) is 9.61. The Labute approximate surface area is 92.0 Å². The fourth-order valence-electron chi connectivity index (χ4n) is 3.16. The van der Waals surface area contributed by atoms with Gasteiger partial charge in [0.1, 0.15) is 0 Å². The van der Waals surface area contributed by atoms with E-state index >= 15 is 0 Å². The minimum atomic E-state index is -0.327. The third-order valence-electron chi connectivity index (χ3n) is 3.92. The van der Waals surface area contributed by atoms with E-state index in [9.17, 15) is 4.79 Å². The first-order valence-electron chi connectivity index (χ1n) is 6.26. The molecular formula is C12H22N2O. The molecule has 1 heterocycles. The zero-order chi connectivity index (χ0) is 10.8. The minimum absolute atomic E-state index is 0.157. The molecule has 86 valence electrons. The first-order chi connectivity index (χ1) is 7.20. The number of carbonyl (C=O) groups is 1. The Balaban J connectivity index is 2.01. The van der Waals surface area contributed by atoms with E-state index in [1.54, 1.807) is 6.92 Å². The predicted molar refractivity (Wildman–Crippen MR) is 60.3 cm³/mol. The van der Waals surface area contributed by atoms with Gasteiger partial charge >= 0.3 is 0 Å². The molecule has 15 heavy (non-hydrogen) atoms. The molecule has 3 heteroatoms. The SMILES string of the molecule is CC(N)C(=O)N1CCCC1C1CCCC1. The summed E-state index contributed by atoms with van der Waals surface area (Å²) in [4.78, 5) is 14.0. The van der Waals surface area contributed by atoms with Crippen molar-refractivity contribution in [3.05, 3.63) is 0 Å². The summed E-state index contributed by atoms with van der Waals surface area (Å²) < 4.78 is 0. The van der Waals surface area contributed by atoms with Gasteiger partial charge in [-0.15, -0.1) is 0 Å². The number of hydrogen-bond acceptors (Lipinski definition) is 2. The fourth-order valence-corrected chi connectivity index (χ4v) is 3.16. The molecule has 0 aromatic carbocycles. The predicted octanol–water partition coefficient (Wildman–Crippen LogP) is 1.51. The number of carbonyl (C=O) groups excluding carboxylic acids is 1. The van der Waals surface area contributed by atoms with Gasteiger partial charge in [-0.3, -0.25) is 4.79 Å². The maximum Gasteiger partial charge on any atom is 0.239 e. The summed E-state index contributed by atoms with van der Waals surface area (Å²) in [5.41, 5.74) is 5.69. The number of amides is 1. The average Bonchev–Trinajstić information content (AvgIpc) is 2.86. The Morgan fingerprint density at radius 1 is 1.27 bits per heavy atom. The molecule has 0 aromatic heterocycles. The molecule has 0 spiro atoms. The van der Waals surface area contributed by atoms with Crippen molar-refractivity contribution in [3.8, 4) is 0 Å². The molecule has 0 bridgehead atoms. The smallest absolute Gasteiger partial charge is 0.239 e. The molecule has 2 aliphatic rings. The van der Waals surface area contributed by atoms with Crippen LogP contribution in [0, 0.1) is 5.92 Å². The van der Waals surface area contributed by atoms with Crippen LogP contribution in [0.3, 0.4) is 0 Å². The second kappa shape index (κ2) is 4.52. The molecular weight excluding hydrogens is 188 g/mol. The van der Waals surface area contributed by atoms with E-state index in [1.165, 1.54) is 38.5 Å². The molecule has 2 fully saturated rings. The van der Waals surface area contributed by atoms with Crippen molar-refractivity contribution in [1.29, 1.82) is 0 Å². The normalized spacial score (nSPS) is 29.7. The van der Waals surface area contributed by atoms with Crippen molar-refractivity contribution in [2.45, 2.75) is 57.5 Å². The Bertz CT molecular complexity index is 234. The highest BCUT2D eigenvalue weighted by molar-refractivity contribution is 5.81. The number of nitrogens with zero attached hydrogens (tertiary/aromatic N) is 1. The van der Waals surface area contributed by atoms with E-state index in [-0.39, 0.29) is 11.9 Å². The number of rotatable bonds is 2. The van der Waals surface area contributed by atoms with Gasteiger partial charge in [-0.2, -0.15) is 0 Å². The molecule has 0 aromatic rings. The lowest BCUT2D eigenvalue weighted by molar-refractivity contribution is -0.133. The highest BCUT2D eigenvalue weighted by Gasteiger charge is 2.36. The van der Waals surface area contributed by atoms with Crippen molar-refractivity contribution >= 4 is 5.91 Å². The largest absolute Gasteiger partial charge is 0.338 e. The Morgan fingerprint density at radius 2 is 1.93 bits per heavy atom. The molecule has 2 atom stereocenters. The summed E-state index contributed by atoms with van der Waals surface area (Å²) >= 11 is 0. The lowest BCUT2D eigenvalue weighted by Crippen LogP contribution is -2.46. The van der Waals surface area contributed by atoms with Crippen LogP contribution in [-0.4, -0.2) is 29.4 Å². The highest BCUT2D eigenvalue weighted by Crippen LogP contribution is 2.35. The number of nitrogens with two attached hydrogens (primary N) is 1. The van der Waals surface area contributed by atoms with Gasteiger partial charge in [-0.05, 0) is 38.5 Å². The maximum absolute atomic E-state index is 11.9. The van der Waals surface area contributed by atoms with Gasteiger partial charge in [-0.1, -0.05) is 12.8 Å². The lowest BCUT2D eigenvalue weighted by atomic mass is 9.96. The Kier molecular flexibility index (Phi) is 3.29. The van der Waals surface area contributed by atoms with Gasteiger partial charge in [0, 0.05) is 12.6 Å². The second-order valence-corrected chi connectivity index (χ2v) is 5.07. The molecule has 1 saturated heterocycles. The summed E-state index contributed by atoms with van der Waals surface area (Å²) in [6, 6.07) is 0.179. The molecule has 1 saturated carbocycles.